The van der Waals surface area contributed by atoms with Crippen molar-refractivity contribution < 1.29 is 0 Å². The van der Waals surface area contributed by atoms with Crippen molar-refractivity contribution in [3.8, 4) is 0 Å². The molecule has 0 saturated heterocycles. The molecule has 0 unspecified atom stereocenters. The second-order valence-electron chi connectivity index (χ2n) is 6.87. The van der Waals surface area contributed by atoms with Gasteiger partial charge in [0, 0.05) is 4.90 Å². The van der Waals surface area contributed by atoms with Crippen LogP contribution in [0.2, 0.25) is 0 Å². The highest BCUT2D eigenvalue weighted by Crippen LogP contribution is 2.37. The van der Waals surface area contributed by atoms with Crippen LogP contribution in [0.5, 0.6) is 0 Å². The van der Waals surface area contributed by atoms with Crippen molar-refractivity contribution in [2.24, 2.45) is 0 Å². The van der Waals surface area contributed by atoms with Gasteiger partial charge in [0.15, 0.2) is 0 Å². The van der Waals surface area contributed by atoms with E-state index in [1.165, 1.54) is 21.6 Å². The lowest BCUT2D eigenvalue weighted by Gasteiger charge is -2.28. The van der Waals surface area contributed by atoms with E-state index in [1.54, 1.807) is 0 Å². The standard InChI is InChI=1S/C16H26S/c1-11-9-12(15(2,3)4)10-13(14(11)17-8)16(5,6)7/h9-10H,1-8H3. The smallest absolute Gasteiger partial charge is 0.0136 e. The SMILES string of the molecule is CSc1c(C)cc(C(C)(C)C)cc1C(C)(C)C. The Kier molecular flexibility index (Phi) is 4.03. The summed E-state index contributed by atoms with van der Waals surface area (Å²) >= 11 is 1.87. The molecule has 0 amide bonds. The first-order valence-corrected chi connectivity index (χ1v) is 7.49. The fraction of sp³-hybridized carbons (Fsp3) is 0.625. The molecule has 96 valence electrons. The Labute approximate surface area is 111 Å². The minimum atomic E-state index is 0.213. The highest BCUT2D eigenvalue weighted by atomic mass is 32.2. The highest BCUT2D eigenvalue weighted by molar-refractivity contribution is 7.98. The molecule has 1 aromatic rings. The Morgan fingerprint density at radius 2 is 1.41 bits per heavy atom. The highest BCUT2D eigenvalue weighted by Gasteiger charge is 2.23. The number of thioether (sulfide) groups is 1. The van der Waals surface area contributed by atoms with E-state index in [0.717, 1.165) is 0 Å². The van der Waals surface area contributed by atoms with Gasteiger partial charge in [0.2, 0.25) is 0 Å². The average Bonchev–Trinajstić information content (AvgIpc) is 2.13. The third-order valence-electron chi connectivity index (χ3n) is 3.15. The summed E-state index contributed by atoms with van der Waals surface area (Å²) in [6.07, 6.45) is 2.17. The first-order valence-electron chi connectivity index (χ1n) is 6.27. The van der Waals surface area contributed by atoms with Crippen LogP contribution in [0.15, 0.2) is 17.0 Å². The lowest BCUT2D eigenvalue weighted by Crippen LogP contribution is -2.18. The summed E-state index contributed by atoms with van der Waals surface area (Å²) < 4.78 is 0. The van der Waals surface area contributed by atoms with Gasteiger partial charge in [0.1, 0.15) is 0 Å². The van der Waals surface area contributed by atoms with E-state index in [2.05, 4.69) is 66.9 Å². The zero-order valence-electron chi connectivity index (χ0n) is 12.6. The molecule has 0 saturated carbocycles. The van der Waals surface area contributed by atoms with Gasteiger partial charge in [0.05, 0.1) is 0 Å². The zero-order chi connectivity index (χ0) is 13.4. The third-order valence-corrected chi connectivity index (χ3v) is 4.10. The summed E-state index contributed by atoms with van der Waals surface area (Å²) in [4.78, 5) is 1.45. The summed E-state index contributed by atoms with van der Waals surface area (Å²) in [7, 11) is 0. The van der Waals surface area contributed by atoms with Crippen molar-refractivity contribution in [1.82, 2.24) is 0 Å². The maximum atomic E-state index is 2.40. The van der Waals surface area contributed by atoms with E-state index >= 15 is 0 Å². The molecule has 0 radical (unpaired) electrons. The van der Waals surface area contributed by atoms with Gasteiger partial charge < -0.3 is 0 Å². The molecule has 0 aliphatic rings. The lowest BCUT2D eigenvalue weighted by atomic mass is 9.79. The van der Waals surface area contributed by atoms with Gasteiger partial charge >= 0.3 is 0 Å². The Morgan fingerprint density at radius 1 is 0.882 bits per heavy atom. The van der Waals surface area contributed by atoms with Crippen LogP contribution in [-0.2, 0) is 10.8 Å². The van der Waals surface area contributed by atoms with Crippen molar-refractivity contribution in [2.75, 3.05) is 6.26 Å². The van der Waals surface area contributed by atoms with Crippen LogP contribution >= 0.6 is 11.8 Å². The van der Waals surface area contributed by atoms with Crippen molar-refractivity contribution in [2.45, 2.75) is 64.2 Å². The van der Waals surface area contributed by atoms with Gasteiger partial charge in [-0.3, -0.25) is 0 Å². The third kappa shape index (κ3) is 3.28. The Balaban J connectivity index is 3.51. The topological polar surface area (TPSA) is 0 Å². The van der Waals surface area contributed by atoms with Crippen molar-refractivity contribution in [3.63, 3.8) is 0 Å². The van der Waals surface area contributed by atoms with E-state index in [9.17, 15) is 0 Å². The van der Waals surface area contributed by atoms with Crippen molar-refractivity contribution in [3.05, 3.63) is 28.8 Å². The summed E-state index contributed by atoms with van der Waals surface area (Å²) in [5.74, 6) is 0. The Hall–Kier alpha value is -0.430. The molecular formula is C16H26S. The number of rotatable bonds is 1. The first kappa shape index (κ1) is 14.6. The maximum Gasteiger partial charge on any atom is 0.0136 e. The van der Waals surface area contributed by atoms with E-state index < -0.39 is 0 Å². The number of aryl methyl sites for hydroxylation is 1. The normalized spacial score (nSPS) is 12.9. The van der Waals surface area contributed by atoms with Crippen LogP contribution < -0.4 is 0 Å². The van der Waals surface area contributed by atoms with E-state index in [-0.39, 0.29) is 10.8 Å². The molecule has 0 N–H and O–H groups in total. The van der Waals surface area contributed by atoms with Crippen LogP contribution in [0.1, 0.15) is 58.2 Å². The predicted molar refractivity (Wildman–Crippen MR) is 80.4 cm³/mol. The molecule has 17 heavy (non-hydrogen) atoms. The van der Waals surface area contributed by atoms with E-state index in [4.69, 9.17) is 0 Å². The molecule has 0 aromatic heterocycles. The molecule has 1 rings (SSSR count). The molecule has 0 atom stereocenters. The largest absolute Gasteiger partial charge is 0.129 e. The molecular weight excluding hydrogens is 224 g/mol. The number of hydrogen-bond acceptors (Lipinski definition) is 1. The van der Waals surface area contributed by atoms with Crippen LogP contribution in [0.3, 0.4) is 0 Å². The van der Waals surface area contributed by atoms with Gasteiger partial charge in [-0.15, -0.1) is 11.8 Å². The van der Waals surface area contributed by atoms with E-state index in [0.29, 0.717) is 0 Å². The molecule has 0 aliphatic heterocycles. The Morgan fingerprint density at radius 3 is 1.76 bits per heavy atom. The quantitative estimate of drug-likeness (QED) is 0.608. The lowest BCUT2D eigenvalue weighted by molar-refractivity contribution is 0.558. The zero-order valence-corrected chi connectivity index (χ0v) is 13.4. The summed E-state index contributed by atoms with van der Waals surface area (Å²) in [5, 5.41) is 0. The number of benzene rings is 1. The summed E-state index contributed by atoms with van der Waals surface area (Å²) in [6, 6.07) is 4.75. The minimum Gasteiger partial charge on any atom is -0.129 e. The first-order chi connectivity index (χ1) is 7.57. The number of hydrogen-bond donors (Lipinski definition) is 0. The molecule has 0 aliphatic carbocycles. The molecule has 0 heterocycles. The van der Waals surface area contributed by atoms with Crippen LogP contribution in [0, 0.1) is 6.92 Å². The van der Waals surface area contributed by atoms with Gasteiger partial charge in [-0.1, -0.05) is 53.7 Å². The summed E-state index contributed by atoms with van der Waals surface area (Å²) in [5.41, 5.74) is 4.77. The van der Waals surface area contributed by atoms with Crippen LogP contribution in [-0.4, -0.2) is 6.26 Å². The molecule has 0 fully saturated rings. The molecule has 0 bridgehead atoms. The van der Waals surface area contributed by atoms with Gasteiger partial charge in [0.25, 0.3) is 0 Å². The molecule has 0 spiro atoms. The monoisotopic (exact) mass is 250 g/mol. The van der Waals surface area contributed by atoms with Crippen molar-refractivity contribution >= 4 is 11.8 Å². The molecule has 1 heteroatoms. The van der Waals surface area contributed by atoms with Gasteiger partial charge in [-0.05, 0) is 40.7 Å². The fourth-order valence-corrected chi connectivity index (χ4v) is 3.00. The van der Waals surface area contributed by atoms with Crippen LogP contribution in [0.4, 0.5) is 0 Å². The molecule has 1 aromatic carbocycles. The molecule has 0 nitrogen and oxygen atoms in total. The van der Waals surface area contributed by atoms with E-state index in [1.807, 2.05) is 11.8 Å². The summed E-state index contributed by atoms with van der Waals surface area (Å²) in [6.45, 7) is 16.0. The van der Waals surface area contributed by atoms with Crippen molar-refractivity contribution in [1.29, 1.82) is 0 Å². The maximum absolute atomic E-state index is 2.40. The second kappa shape index (κ2) is 4.68. The average molecular weight is 250 g/mol. The predicted octanol–water partition coefficient (Wildman–Crippen LogP) is 5.31. The minimum absolute atomic E-state index is 0.213. The van der Waals surface area contributed by atoms with Gasteiger partial charge in [-0.25, -0.2) is 0 Å². The fourth-order valence-electron chi connectivity index (χ4n) is 2.03. The van der Waals surface area contributed by atoms with Crippen LogP contribution in [0.25, 0.3) is 0 Å². The van der Waals surface area contributed by atoms with Gasteiger partial charge in [-0.2, -0.15) is 0 Å². The second-order valence-corrected chi connectivity index (χ2v) is 7.69. The Bertz CT molecular complexity index is 403.